The van der Waals surface area contributed by atoms with E-state index in [1.807, 2.05) is 42.5 Å². The molecule has 0 bridgehead atoms. The zero-order valence-corrected chi connectivity index (χ0v) is 20.7. The van der Waals surface area contributed by atoms with Crippen LogP contribution in [-0.4, -0.2) is 38.4 Å². The number of carbonyl (C=O) groups is 1. The van der Waals surface area contributed by atoms with Crippen LogP contribution in [0.5, 0.6) is 0 Å². The average molecular weight is 521 g/mol. The molecule has 1 atom stereocenters. The number of anilines is 1. The third kappa shape index (κ3) is 8.95. The second-order valence-corrected chi connectivity index (χ2v) is 10.4. The van der Waals surface area contributed by atoms with Gasteiger partial charge in [-0.15, -0.1) is 0 Å². The fourth-order valence-corrected chi connectivity index (χ4v) is 4.73. The molecule has 0 spiro atoms. The first-order chi connectivity index (χ1) is 16.3. The number of nitrogens with zero attached hydrogens (tertiary/aromatic N) is 1. The molecule has 1 aromatic heterocycles. The summed E-state index contributed by atoms with van der Waals surface area (Å²) in [6.07, 6.45) is 4.69. The number of hydrogen-bond donors (Lipinski definition) is 3. The van der Waals surface area contributed by atoms with Gasteiger partial charge in [0.1, 0.15) is 0 Å². The second kappa shape index (κ2) is 12.7. The fourth-order valence-electron chi connectivity index (χ4n) is 3.34. The Kier molecular flexibility index (Phi) is 9.71. The van der Waals surface area contributed by atoms with E-state index in [0.717, 1.165) is 11.3 Å². The molecule has 0 saturated carbocycles. The Morgan fingerprint density at radius 1 is 0.941 bits per heavy atom. The molecule has 34 heavy (non-hydrogen) atoms. The molecule has 7 nitrogen and oxygen atoms in total. The largest absolute Gasteiger partial charge is 0.385 e. The molecule has 0 aliphatic rings. The number of nitrogens with one attached hydrogen (secondary N) is 3. The number of benzene rings is 2. The van der Waals surface area contributed by atoms with E-state index >= 15 is 0 Å². The van der Waals surface area contributed by atoms with Crippen LogP contribution in [0.4, 0.5) is 5.69 Å². The summed E-state index contributed by atoms with van der Waals surface area (Å²) in [7, 11) is -3.74. The molecule has 2 aromatic carbocycles. The smallest absolute Gasteiger partial charge is 0.235 e. The minimum absolute atomic E-state index is 0.177. The lowest BCUT2D eigenvalue weighted by Gasteiger charge is -2.20. The second-order valence-electron chi connectivity index (χ2n) is 7.73. The van der Waals surface area contributed by atoms with Gasteiger partial charge >= 0.3 is 0 Å². The van der Waals surface area contributed by atoms with Gasteiger partial charge in [0.25, 0.3) is 0 Å². The van der Waals surface area contributed by atoms with Crippen molar-refractivity contribution in [3.63, 3.8) is 0 Å². The van der Waals surface area contributed by atoms with Crippen LogP contribution in [0.15, 0.2) is 73.1 Å². The van der Waals surface area contributed by atoms with Crippen LogP contribution in [0.3, 0.4) is 0 Å². The van der Waals surface area contributed by atoms with E-state index in [9.17, 15) is 13.2 Å². The number of aromatic nitrogens is 1. The first kappa shape index (κ1) is 26.0. The molecular formula is C24H26Cl2N4O3S. The van der Waals surface area contributed by atoms with Gasteiger partial charge in [-0.25, -0.2) is 13.1 Å². The summed E-state index contributed by atoms with van der Waals surface area (Å²) in [4.78, 5) is 16.6. The molecule has 1 amide bonds. The van der Waals surface area contributed by atoms with Crippen molar-refractivity contribution in [3.8, 4) is 0 Å². The third-order valence-corrected chi connectivity index (χ3v) is 7.02. The maximum atomic E-state index is 12.6. The van der Waals surface area contributed by atoms with E-state index in [2.05, 4.69) is 20.3 Å². The Labute approximate surface area is 209 Å². The van der Waals surface area contributed by atoms with Crippen LogP contribution in [0.2, 0.25) is 10.0 Å². The SMILES string of the molecule is O=C(CNS(=O)(=O)Cc1ccc(Cl)c(Cl)c1)N[C@H](CCNc1ccncc1)Cc1ccccc1. The first-order valence-electron chi connectivity index (χ1n) is 10.7. The fraction of sp³-hybridized carbons (Fsp3) is 0.250. The number of sulfonamides is 1. The van der Waals surface area contributed by atoms with Gasteiger partial charge in [-0.05, 0) is 48.2 Å². The highest BCUT2D eigenvalue weighted by Gasteiger charge is 2.17. The molecular weight excluding hydrogens is 495 g/mol. The molecule has 180 valence electrons. The van der Waals surface area contributed by atoms with Crippen molar-refractivity contribution in [2.75, 3.05) is 18.4 Å². The number of hydrogen-bond acceptors (Lipinski definition) is 5. The van der Waals surface area contributed by atoms with Crippen molar-refractivity contribution < 1.29 is 13.2 Å². The highest BCUT2D eigenvalue weighted by molar-refractivity contribution is 7.88. The molecule has 3 rings (SSSR count). The van der Waals surface area contributed by atoms with Crippen molar-refractivity contribution in [2.45, 2.75) is 24.6 Å². The van der Waals surface area contributed by atoms with Crippen molar-refractivity contribution in [2.24, 2.45) is 0 Å². The number of rotatable bonds is 12. The number of halogens is 2. The van der Waals surface area contributed by atoms with Gasteiger partial charge in [0.05, 0.1) is 22.3 Å². The lowest BCUT2D eigenvalue weighted by Crippen LogP contribution is -2.43. The summed E-state index contributed by atoms with van der Waals surface area (Å²) in [5, 5.41) is 6.87. The maximum absolute atomic E-state index is 12.6. The van der Waals surface area contributed by atoms with E-state index in [0.29, 0.717) is 30.0 Å². The normalized spacial score (nSPS) is 12.2. The van der Waals surface area contributed by atoms with Gasteiger partial charge in [0.15, 0.2) is 0 Å². The Balaban J connectivity index is 1.54. The highest BCUT2D eigenvalue weighted by Crippen LogP contribution is 2.23. The van der Waals surface area contributed by atoms with Crippen molar-refractivity contribution in [3.05, 3.63) is 94.2 Å². The molecule has 0 unspecified atom stereocenters. The monoisotopic (exact) mass is 520 g/mol. The van der Waals surface area contributed by atoms with E-state index in [-0.39, 0.29) is 23.4 Å². The first-order valence-corrected chi connectivity index (χ1v) is 13.1. The molecule has 1 heterocycles. The Hall–Kier alpha value is -2.65. The summed E-state index contributed by atoms with van der Waals surface area (Å²) in [5.41, 5.74) is 2.50. The van der Waals surface area contributed by atoms with Crippen molar-refractivity contribution in [1.29, 1.82) is 0 Å². The van der Waals surface area contributed by atoms with E-state index < -0.39 is 15.9 Å². The molecule has 0 radical (unpaired) electrons. The van der Waals surface area contributed by atoms with E-state index in [4.69, 9.17) is 23.2 Å². The molecule has 0 aliphatic heterocycles. The lowest BCUT2D eigenvalue weighted by atomic mass is 10.0. The molecule has 3 aromatic rings. The van der Waals surface area contributed by atoms with Crippen LogP contribution in [0.25, 0.3) is 0 Å². The van der Waals surface area contributed by atoms with E-state index in [1.165, 1.54) is 12.1 Å². The molecule has 0 fully saturated rings. The van der Waals surface area contributed by atoms with Gasteiger partial charge in [0.2, 0.25) is 15.9 Å². The predicted octanol–water partition coefficient (Wildman–Crippen LogP) is 4.04. The third-order valence-electron chi connectivity index (χ3n) is 4.99. The van der Waals surface area contributed by atoms with Crippen molar-refractivity contribution in [1.82, 2.24) is 15.0 Å². The van der Waals surface area contributed by atoms with Gasteiger partial charge < -0.3 is 10.6 Å². The lowest BCUT2D eigenvalue weighted by molar-refractivity contribution is -0.120. The average Bonchev–Trinajstić information content (AvgIpc) is 2.81. The minimum atomic E-state index is -3.74. The molecule has 0 aliphatic carbocycles. The Morgan fingerprint density at radius 2 is 1.68 bits per heavy atom. The predicted molar refractivity (Wildman–Crippen MR) is 137 cm³/mol. The summed E-state index contributed by atoms with van der Waals surface area (Å²) < 4.78 is 27.2. The summed E-state index contributed by atoms with van der Waals surface area (Å²) in [6, 6.07) is 18.0. The zero-order valence-electron chi connectivity index (χ0n) is 18.4. The standard InChI is InChI=1S/C24H26Cl2N4O3S/c25-22-7-6-19(15-23(22)26)17-34(32,33)29-16-24(31)30-21(14-18-4-2-1-3-5-18)10-13-28-20-8-11-27-12-9-20/h1-9,11-12,15,21,29H,10,13-14,16-17H2,(H,27,28)(H,30,31)/t21-/m1/s1. The summed E-state index contributed by atoms with van der Waals surface area (Å²) in [5.74, 6) is -0.706. The number of pyridine rings is 1. The maximum Gasteiger partial charge on any atom is 0.235 e. The van der Waals surface area contributed by atoms with Crippen LogP contribution in [0, 0.1) is 0 Å². The van der Waals surface area contributed by atoms with Gasteiger partial charge in [-0.2, -0.15) is 0 Å². The Bertz CT molecular complexity index is 1180. The number of amides is 1. The number of carbonyl (C=O) groups excluding carboxylic acids is 1. The van der Waals surface area contributed by atoms with Gasteiger partial charge in [-0.1, -0.05) is 59.6 Å². The van der Waals surface area contributed by atoms with Crippen LogP contribution in [0.1, 0.15) is 17.5 Å². The van der Waals surface area contributed by atoms with Crippen LogP contribution in [-0.2, 0) is 27.0 Å². The van der Waals surface area contributed by atoms with E-state index in [1.54, 1.807) is 18.5 Å². The summed E-state index contributed by atoms with van der Waals surface area (Å²) in [6.45, 7) is 0.275. The molecule has 10 heteroatoms. The molecule has 0 saturated heterocycles. The van der Waals surface area contributed by atoms with Gasteiger partial charge in [0, 0.05) is 30.7 Å². The molecule has 3 N–H and O–H groups in total. The minimum Gasteiger partial charge on any atom is -0.385 e. The van der Waals surface area contributed by atoms with Gasteiger partial charge in [-0.3, -0.25) is 9.78 Å². The highest BCUT2D eigenvalue weighted by atomic mass is 35.5. The summed E-state index contributed by atoms with van der Waals surface area (Å²) >= 11 is 11.8. The topological polar surface area (TPSA) is 100 Å². The van der Waals surface area contributed by atoms with Crippen LogP contribution >= 0.6 is 23.2 Å². The Morgan fingerprint density at radius 3 is 2.38 bits per heavy atom. The quantitative estimate of drug-likeness (QED) is 0.334. The zero-order chi connectivity index (χ0) is 24.4. The van der Waals surface area contributed by atoms with Crippen LogP contribution < -0.4 is 15.4 Å². The van der Waals surface area contributed by atoms with Crippen molar-refractivity contribution >= 4 is 44.8 Å².